The lowest BCUT2D eigenvalue weighted by atomic mass is 10.1. The molecule has 170 valence electrons. The highest BCUT2D eigenvalue weighted by Gasteiger charge is 2.26. The van der Waals surface area contributed by atoms with Crippen LogP contribution < -0.4 is 10.9 Å². The molecule has 0 bridgehead atoms. The van der Waals surface area contributed by atoms with Crippen LogP contribution >= 0.6 is 11.3 Å². The lowest BCUT2D eigenvalue weighted by Gasteiger charge is -2.26. The predicted octanol–water partition coefficient (Wildman–Crippen LogP) is 3.81. The molecule has 1 N–H and O–H groups in total. The van der Waals surface area contributed by atoms with Gasteiger partial charge in [-0.05, 0) is 55.8 Å². The van der Waals surface area contributed by atoms with Crippen molar-refractivity contribution in [2.75, 3.05) is 19.6 Å². The summed E-state index contributed by atoms with van der Waals surface area (Å²) in [5.74, 6) is 0.208. The molecule has 1 aliphatic heterocycles. The van der Waals surface area contributed by atoms with Crippen LogP contribution in [0.1, 0.15) is 24.6 Å². The summed E-state index contributed by atoms with van der Waals surface area (Å²) >= 11 is 1.35. The third-order valence-corrected chi connectivity index (χ3v) is 6.86. The van der Waals surface area contributed by atoms with E-state index in [9.17, 15) is 14.0 Å². The maximum Gasteiger partial charge on any atom is 0.263 e. The second-order valence-corrected chi connectivity index (χ2v) is 8.95. The van der Waals surface area contributed by atoms with Crippen LogP contribution in [0.2, 0.25) is 0 Å². The molecular formula is C24H23FN4O3S. The fourth-order valence-corrected chi connectivity index (χ4v) is 5.19. The van der Waals surface area contributed by atoms with Gasteiger partial charge < -0.3 is 9.73 Å². The monoisotopic (exact) mass is 466 g/mol. The summed E-state index contributed by atoms with van der Waals surface area (Å²) in [4.78, 5) is 33.2. The van der Waals surface area contributed by atoms with Gasteiger partial charge >= 0.3 is 0 Å². The molecular weight excluding hydrogens is 443 g/mol. The third-order valence-electron chi connectivity index (χ3n) is 5.98. The molecule has 3 aromatic heterocycles. The molecule has 0 unspecified atom stereocenters. The molecule has 0 aliphatic carbocycles. The maximum atomic E-state index is 13.3. The van der Waals surface area contributed by atoms with Crippen LogP contribution in [0.15, 0.2) is 63.6 Å². The largest absolute Gasteiger partial charge is 0.468 e. The van der Waals surface area contributed by atoms with Gasteiger partial charge in [-0.15, -0.1) is 11.3 Å². The molecule has 1 fully saturated rings. The molecule has 0 spiro atoms. The van der Waals surface area contributed by atoms with E-state index >= 15 is 0 Å². The molecule has 1 aliphatic rings. The summed E-state index contributed by atoms with van der Waals surface area (Å²) in [6.07, 6.45) is 5.30. The molecule has 1 saturated heterocycles. The molecule has 4 aromatic rings. The zero-order valence-electron chi connectivity index (χ0n) is 17.9. The van der Waals surface area contributed by atoms with Gasteiger partial charge in [0.05, 0.1) is 24.0 Å². The summed E-state index contributed by atoms with van der Waals surface area (Å²) in [5, 5.41) is 5.22. The Kier molecular flexibility index (Phi) is 6.06. The molecule has 7 nitrogen and oxygen atoms in total. The first-order valence-corrected chi connectivity index (χ1v) is 11.7. The fraction of sp³-hybridized carbons (Fsp3) is 0.292. The number of likely N-dealkylation sites (tertiary alicyclic amines) is 1. The van der Waals surface area contributed by atoms with Crippen molar-refractivity contribution in [2.24, 2.45) is 0 Å². The number of hydrogen-bond acceptors (Lipinski definition) is 6. The van der Waals surface area contributed by atoms with E-state index in [1.807, 2.05) is 17.5 Å². The highest BCUT2D eigenvalue weighted by atomic mass is 32.1. The van der Waals surface area contributed by atoms with Crippen LogP contribution in [-0.2, 0) is 11.3 Å². The lowest BCUT2D eigenvalue weighted by molar-refractivity contribution is -0.122. The zero-order chi connectivity index (χ0) is 22.8. The Morgan fingerprint density at radius 1 is 1.21 bits per heavy atom. The Hall–Kier alpha value is -3.30. The number of hydrogen-bond donors (Lipinski definition) is 1. The van der Waals surface area contributed by atoms with E-state index in [1.165, 1.54) is 34.4 Å². The standard InChI is InChI=1S/C24H23FN4O3S/c25-17-7-5-16(6-8-17)18-14-33-23-22(18)24(31)29(15-27-23)13-21(30)26-12-19(20-4-3-11-32-20)28-9-1-2-10-28/h3-8,11,14-15,19H,1-2,9-10,12-13H2,(H,26,30)/t19-/m1/s1. The van der Waals surface area contributed by atoms with E-state index in [0.29, 0.717) is 22.3 Å². The van der Waals surface area contributed by atoms with Gasteiger partial charge in [0.15, 0.2) is 0 Å². The molecule has 5 rings (SSSR count). The van der Waals surface area contributed by atoms with Crippen molar-refractivity contribution >= 4 is 27.5 Å². The molecule has 1 atom stereocenters. The van der Waals surface area contributed by atoms with Gasteiger partial charge in [0, 0.05) is 17.5 Å². The number of carbonyl (C=O) groups is 1. The topological polar surface area (TPSA) is 80.4 Å². The highest BCUT2D eigenvalue weighted by Crippen LogP contribution is 2.30. The Balaban J connectivity index is 1.34. The molecule has 9 heteroatoms. The Morgan fingerprint density at radius 3 is 2.73 bits per heavy atom. The van der Waals surface area contributed by atoms with Crippen molar-refractivity contribution in [3.8, 4) is 11.1 Å². The van der Waals surface area contributed by atoms with Gasteiger partial charge in [0.2, 0.25) is 5.91 Å². The minimum Gasteiger partial charge on any atom is -0.468 e. The fourth-order valence-electron chi connectivity index (χ4n) is 4.29. The number of thiophene rings is 1. The number of nitrogens with one attached hydrogen (secondary N) is 1. The number of nitrogens with zero attached hydrogens (tertiary/aromatic N) is 3. The van der Waals surface area contributed by atoms with Gasteiger partial charge in [-0.3, -0.25) is 19.1 Å². The number of amides is 1. The minimum atomic E-state index is -0.340. The maximum absolute atomic E-state index is 13.3. The van der Waals surface area contributed by atoms with Gasteiger partial charge in [-0.25, -0.2) is 9.37 Å². The van der Waals surface area contributed by atoms with E-state index in [1.54, 1.807) is 18.4 Å². The smallest absolute Gasteiger partial charge is 0.263 e. The molecule has 4 heterocycles. The third kappa shape index (κ3) is 4.46. The van der Waals surface area contributed by atoms with Crippen LogP contribution in [0.3, 0.4) is 0 Å². The Bertz CT molecular complexity index is 1310. The predicted molar refractivity (Wildman–Crippen MR) is 125 cm³/mol. The average Bonchev–Trinajstić information content (AvgIpc) is 3.59. The molecule has 33 heavy (non-hydrogen) atoms. The van der Waals surface area contributed by atoms with Gasteiger partial charge in [0.1, 0.15) is 23.0 Å². The quantitative estimate of drug-likeness (QED) is 0.448. The van der Waals surface area contributed by atoms with Gasteiger partial charge in [0.25, 0.3) is 5.56 Å². The number of carbonyl (C=O) groups excluding carboxylic acids is 1. The number of benzene rings is 1. The van der Waals surface area contributed by atoms with Crippen LogP contribution in [0.25, 0.3) is 21.3 Å². The summed E-state index contributed by atoms with van der Waals surface area (Å²) in [6.45, 7) is 2.19. The number of rotatable bonds is 7. The zero-order valence-corrected chi connectivity index (χ0v) is 18.7. The van der Waals surface area contributed by atoms with Crippen molar-refractivity contribution in [1.82, 2.24) is 19.8 Å². The number of aromatic nitrogens is 2. The molecule has 1 amide bonds. The first-order valence-electron chi connectivity index (χ1n) is 10.9. The summed E-state index contributed by atoms with van der Waals surface area (Å²) in [7, 11) is 0. The van der Waals surface area contributed by atoms with Crippen molar-refractivity contribution < 1.29 is 13.6 Å². The lowest BCUT2D eigenvalue weighted by Crippen LogP contribution is -2.39. The first kappa shape index (κ1) is 21.5. The first-order chi connectivity index (χ1) is 16.1. The number of fused-ring (bicyclic) bond motifs is 1. The molecule has 0 radical (unpaired) electrons. The van der Waals surface area contributed by atoms with Gasteiger partial charge in [-0.1, -0.05) is 12.1 Å². The van der Waals surface area contributed by atoms with Crippen molar-refractivity contribution in [3.63, 3.8) is 0 Å². The van der Waals surface area contributed by atoms with Crippen LogP contribution in [-0.4, -0.2) is 40.0 Å². The molecule has 0 saturated carbocycles. The minimum absolute atomic E-state index is 0.0364. The van der Waals surface area contributed by atoms with Crippen molar-refractivity contribution in [3.05, 3.63) is 76.3 Å². The van der Waals surface area contributed by atoms with Crippen molar-refractivity contribution in [2.45, 2.75) is 25.4 Å². The molecule has 1 aromatic carbocycles. The average molecular weight is 467 g/mol. The van der Waals surface area contributed by atoms with Crippen LogP contribution in [0, 0.1) is 5.82 Å². The van der Waals surface area contributed by atoms with Crippen LogP contribution in [0.5, 0.6) is 0 Å². The normalized spacial score (nSPS) is 15.2. The SMILES string of the molecule is O=C(Cn1cnc2scc(-c3ccc(F)cc3)c2c1=O)NC[C@H](c1ccco1)N1CCCC1. The van der Waals surface area contributed by atoms with E-state index in [-0.39, 0.29) is 29.9 Å². The number of furan rings is 1. The van der Waals surface area contributed by atoms with Gasteiger partial charge in [-0.2, -0.15) is 0 Å². The second-order valence-electron chi connectivity index (χ2n) is 8.09. The Morgan fingerprint density at radius 2 is 2.00 bits per heavy atom. The van der Waals surface area contributed by atoms with E-state index in [0.717, 1.165) is 37.3 Å². The Labute approximate surface area is 193 Å². The summed E-state index contributed by atoms with van der Waals surface area (Å²) in [5.41, 5.74) is 1.13. The van der Waals surface area contributed by atoms with Crippen LogP contribution in [0.4, 0.5) is 4.39 Å². The van der Waals surface area contributed by atoms with Crippen molar-refractivity contribution in [1.29, 1.82) is 0 Å². The van der Waals surface area contributed by atoms with E-state index in [4.69, 9.17) is 4.42 Å². The van der Waals surface area contributed by atoms with E-state index in [2.05, 4.69) is 15.2 Å². The van der Waals surface area contributed by atoms with E-state index < -0.39 is 0 Å². The second kappa shape index (κ2) is 9.29. The summed E-state index contributed by atoms with van der Waals surface area (Å²) < 4.78 is 20.2. The highest BCUT2D eigenvalue weighted by molar-refractivity contribution is 7.17. The summed E-state index contributed by atoms with van der Waals surface area (Å²) in [6, 6.07) is 9.71. The number of halogens is 1.